The van der Waals surface area contributed by atoms with Crippen molar-refractivity contribution in [3.05, 3.63) is 30.3 Å². The molecular weight excluding hydrogens is 220 g/mol. The van der Waals surface area contributed by atoms with Crippen molar-refractivity contribution in [1.82, 2.24) is 5.32 Å². The molecule has 0 aliphatic carbocycles. The number of para-hydroxylation sites is 1. The van der Waals surface area contributed by atoms with Gasteiger partial charge in [-0.05, 0) is 44.4 Å². The maximum Gasteiger partial charge on any atom is 0.0368 e. The third-order valence-electron chi connectivity index (χ3n) is 4.31. The third-order valence-corrected chi connectivity index (χ3v) is 4.31. The van der Waals surface area contributed by atoms with Crippen LogP contribution in [0.5, 0.6) is 0 Å². The van der Waals surface area contributed by atoms with Crippen molar-refractivity contribution in [1.29, 1.82) is 0 Å². The van der Waals surface area contributed by atoms with E-state index in [4.69, 9.17) is 0 Å². The first-order valence-corrected chi connectivity index (χ1v) is 7.29. The summed E-state index contributed by atoms with van der Waals surface area (Å²) in [6.07, 6.45) is 2.47. The van der Waals surface area contributed by atoms with E-state index in [1.165, 1.54) is 18.5 Å². The molecule has 100 valence electrons. The molecule has 0 amide bonds. The standard InChI is InChI=1S/C16H26N2/c1-4-11-17-16-10-12-18(14(3)13(16)2)15-8-6-5-7-9-15/h5-9,13-14,16-17H,4,10-12H2,1-3H3. The Kier molecular flexibility index (Phi) is 4.65. The van der Waals surface area contributed by atoms with Gasteiger partial charge in [-0.1, -0.05) is 32.0 Å². The number of hydrogen-bond donors (Lipinski definition) is 1. The summed E-state index contributed by atoms with van der Waals surface area (Å²) in [6.45, 7) is 9.29. The van der Waals surface area contributed by atoms with Gasteiger partial charge in [0.05, 0.1) is 0 Å². The molecule has 2 rings (SSSR count). The molecule has 1 saturated heterocycles. The molecule has 3 atom stereocenters. The first-order valence-electron chi connectivity index (χ1n) is 7.29. The molecule has 3 unspecified atom stereocenters. The second kappa shape index (κ2) is 6.24. The molecule has 2 heteroatoms. The monoisotopic (exact) mass is 246 g/mol. The normalized spacial score (nSPS) is 28.4. The average molecular weight is 246 g/mol. The zero-order valence-electron chi connectivity index (χ0n) is 11.9. The lowest BCUT2D eigenvalue weighted by molar-refractivity contribution is 0.271. The summed E-state index contributed by atoms with van der Waals surface area (Å²) in [5.41, 5.74) is 1.37. The number of benzene rings is 1. The molecule has 1 heterocycles. The van der Waals surface area contributed by atoms with Gasteiger partial charge in [-0.2, -0.15) is 0 Å². The Morgan fingerprint density at radius 1 is 1.22 bits per heavy atom. The van der Waals surface area contributed by atoms with Crippen LogP contribution in [-0.2, 0) is 0 Å². The number of nitrogens with one attached hydrogen (secondary N) is 1. The molecule has 18 heavy (non-hydrogen) atoms. The molecule has 0 radical (unpaired) electrons. The number of rotatable bonds is 4. The van der Waals surface area contributed by atoms with Crippen molar-refractivity contribution in [2.75, 3.05) is 18.0 Å². The van der Waals surface area contributed by atoms with Crippen molar-refractivity contribution in [2.45, 2.75) is 45.7 Å². The van der Waals surface area contributed by atoms with E-state index in [1.807, 2.05) is 0 Å². The van der Waals surface area contributed by atoms with Crippen LogP contribution in [-0.4, -0.2) is 25.2 Å². The summed E-state index contributed by atoms with van der Waals surface area (Å²) in [5, 5.41) is 3.70. The number of anilines is 1. The fraction of sp³-hybridized carbons (Fsp3) is 0.625. The van der Waals surface area contributed by atoms with E-state index in [1.54, 1.807) is 0 Å². The topological polar surface area (TPSA) is 15.3 Å². The van der Waals surface area contributed by atoms with Gasteiger partial charge in [0.15, 0.2) is 0 Å². The van der Waals surface area contributed by atoms with Crippen molar-refractivity contribution in [3.63, 3.8) is 0 Å². The van der Waals surface area contributed by atoms with Gasteiger partial charge < -0.3 is 10.2 Å². The van der Waals surface area contributed by atoms with Crippen LogP contribution in [0.1, 0.15) is 33.6 Å². The van der Waals surface area contributed by atoms with Crippen LogP contribution >= 0.6 is 0 Å². The average Bonchev–Trinajstić information content (AvgIpc) is 2.41. The molecule has 0 saturated carbocycles. The molecule has 2 nitrogen and oxygen atoms in total. The Labute approximate surface area is 111 Å². The van der Waals surface area contributed by atoms with Crippen LogP contribution in [0.4, 0.5) is 5.69 Å². The van der Waals surface area contributed by atoms with Crippen LogP contribution in [0, 0.1) is 5.92 Å². The molecule has 0 bridgehead atoms. The minimum Gasteiger partial charge on any atom is -0.368 e. The highest BCUT2D eigenvalue weighted by atomic mass is 15.2. The Bertz CT molecular complexity index is 349. The van der Waals surface area contributed by atoms with Gasteiger partial charge in [0.2, 0.25) is 0 Å². The Morgan fingerprint density at radius 3 is 2.61 bits per heavy atom. The lowest BCUT2D eigenvalue weighted by atomic mass is 9.86. The predicted molar refractivity (Wildman–Crippen MR) is 79.1 cm³/mol. The summed E-state index contributed by atoms with van der Waals surface area (Å²) in [7, 11) is 0. The highest BCUT2D eigenvalue weighted by Gasteiger charge is 2.31. The van der Waals surface area contributed by atoms with Gasteiger partial charge in [0, 0.05) is 24.3 Å². The first kappa shape index (κ1) is 13.4. The Hall–Kier alpha value is -1.02. The van der Waals surface area contributed by atoms with Crippen LogP contribution in [0.25, 0.3) is 0 Å². The zero-order valence-corrected chi connectivity index (χ0v) is 11.9. The van der Waals surface area contributed by atoms with Gasteiger partial charge >= 0.3 is 0 Å². The quantitative estimate of drug-likeness (QED) is 0.877. The maximum atomic E-state index is 3.70. The molecule has 1 aromatic carbocycles. The van der Waals surface area contributed by atoms with E-state index in [9.17, 15) is 0 Å². The largest absolute Gasteiger partial charge is 0.368 e. The van der Waals surface area contributed by atoms with Gasteiger partial charge in [0.1, 0.15) is 0 Å². The van der Waals surface area contributed by atoms with E-state index in [-0.39, 0.29) is 0 Å². The van der Waals surface area contributed by atoms with Crippen LogP contribution in [0.15, 0.2) is 30.3 Å². The molecule has 1 fully saturated rings. The highest BCUT2D eigenvalue weighted by molar-refractivity contribution is 5.47. The van der Waals surface area contributed by atoms with Gasteiger partial charge in [-0.3, -0.25) is 0 Å². The minimum atomic E-state index is 0.607. The summed E-state index contributed by atoms with van der Waals surface area (Å²) >= 11 is 0. The van der Waals surface area contributed by atoms with E-state index < -0.39 is 0 Å². The smallest absolute Gasteiger partial charge is 0.0368 e. The predicted octanol–water partition coefficient (Wildman–Crippen LogP) is 3.29. The lowest BCUT2D eigenvalue weighted by Gasteiger charge is -2.44. The van der Waals surface area contributed by atoms with Crippen molar-refractivity contribution in [3.8, 4) is 0 Å². The summed E-state index contributed by atoms with van der Waals surface area (Å²) in [5.74, 6) is 0.700. The first-order chi connectivity index (χ1) is 8.74. The van der Waals surface area contributed by atoms with Crippen molar-refractivity contribution in [2.24, 2.45) is 5.92 Å². The molecular formula is C16H26N2. The maximum absolute atomic E-state index is 3.70. The molecule has 1 aromatic rings. The van der Waals surface area contributed by atoms with Gasteiger partial charge in [-0.25, -0.2) is 0 Å². The van der Waals surface area contributed by atoms with Crippen LogP contribution in [0.2, 0.25) is 0 Å². The van der Waals surface area contributed by atoms with Crippen LogP contribution in [0.3, 0.4) is 0 Å². The van der Waals surface area contributed by atoms with Crippen molar-refractivity contribution < 1.29 is 0 Å². The molecule has 0 spiro atoms. The lowest BCUT2D eigenvalue weighted by Crippen LogP contribution is -2.53. The minimum absolute atomic E-state index is 0.607. The fourth-order valence-electron chi connectivity index (χ4n) is 2.97. The SMILES string of the molecule is CCCNC1CCN(c2ccccc2)C(C)C1C. The molecule has 1 N–H and O–H groups in total. The zero-order chi connectivity index (χ0) is 13.0. The number of hydrogen-bond acceptors (Lipinski definition) is 2. The van der Waals surface area contributed by atoms with E-state index >= 15 is 0 Å². The molecule has 0 aromatic heterocycles. The second-order valence-electron chi connectivity index (χ2n) is 5.48. The fourth-order valence-corrected chi connectivity index (χ4v) is 2.97. The summed E-state index contributed by atoms with van der Waals surface area (Å²) < 4.78 is 0. The van der Waals surface area contributed by atoms with Gasteiger partial charge in [0.25, 0.3) is 0 Å². The Morgan fingerprint density at radius 2 is 1.94 bits per heavy atom. The number of nitrogens with zero attached hydrogens (tertiary/aromatic N) is 1. The van der Waals surface area contributed by atoms with E-state index in [0.717, 1.165) is 13.1 Å². The van der Waals surface area contributed by atoms with E-state index in [0.29, 0.717) is 18.0 Å². The third kappa shape index (κ3) is 2.86. The summed E-state index contributed by atoms with van der Waals surface area (Å²) in [4.78, 5) is 2.55. The molecule has 1 aliphatic rings. The Balaban J connectivity index is 2.02. The van der Waals surface area contributed by atoms with Gasteiger partial charge in [-0.15, -0.1) is 0 Å². The number of piperidine rings is 1. The van der Waals surface area contributed by atoms with Crippen LogP contribution < -0.4 is 10.2 Å². The molecule has 1 aliphatic heterocycles. The van der Waals surface area contributed by atoms with Crippen molar-refractivity contribution >= 4 is 5.69 Å². The van der Waals surface area contributed by atoms with E-state index in [2.05, 4.69) is 61.3 Å². The highest BCUT2D eigenvalue weighted by Crippen LogP contribution is 2.28. The summed E-state index contributed by atoms with van der Waals surface area (Å²) in [6, 6.07) is 12.1. The second-order valence-corrected chi connectivity index (χ2v) is 5.48.